The number of nitrogens with zero attached hydrogens (tertiary/aromatic N) is 1. The highest BCUT2D eigenvalue weighted by atomic mass is 35.5. The van der Waals surface area contributed by atoms with Gasteiger partial charge in [0.1, 0.15) is 36.1 Å². The van der Waals surface area contributed by atoms with E-state index in [1.54, 1.807) is 60.7 Å². The first-order valence-corrected chi connectivity index (χ1v) is 13.1. The zero-order valence-electron chi connectivity index (χ0n) is 21.3. The summed E-state index contributed by atoms with van der Waals surface area (Å²) in [5.41, 5.74) is 1.92. The van der Waals surface area contributed by atoms with Crippen molar-refractivity contribution >= 4 is 52.8 Å². The third kappa shape index (κ3) is 6.74. The second kappa shape index (κ2) is 12.2. The average Bonchev–Trinajstić information content (AvgIpc) is 2.96. The van der Waals surface area contributed by atoms with Crippen LogP contribution in [0.5, 0.6) is 11.5 Å². The Balaban J connectivity index is 1.35. The van der Waals surface area contributed by atoms with Crippen molar-refractivity contribution in [2.45, 2.75) is 13.2 Å². The zero-order valence-corrected chi connectivity index (χ0v) is 22.8. The number of carbonyl (C=O) groups excluding carboxylic acids is 3. The van der Waals surface area contributed by atoms with Crippen LogP contribution in [0.25, 0.3) is 6.08 Å². The van der Waals surface area contributed by atoms with Gasteiger partial charge in [-0.2, -0.15) is 0 Å². The largest absolute Gasteiger partial charge is 0.489 e. The summed E-state index contributed by atoms with van der Waals surface area (Å²) in [4.78, 5) is 39.7. The van der Waals surface area contributed by atoms with Gasteiger partial charge in [-0.25, -0.2) is 14.1 Å². The smallest absolute Gasteiger partial charge is 0.335 e. The molecule has 0 spiro atoms. The van der Waals surface area contributed by atoms with Crippen molar-refractivity contribution in [2.24, 2.45) is 0 Å². The first kappa shape index (κ1) is 27.9. The summed E-state index contributed by atoms with van der Waals surface area (Å²) >= 11 is 12.1. The number of amides is 4. The molecule has 7 nitrogen and oxygen atoms in total. The molecule has 1 saturated heterocycles. The number of nitrogens with one attached hydrogen (secondary N) is 1. The van der Waals surface area contributed by atoms with Crippen molar-refractivity contribution in [2.75, 3.05) is 4.90 Å². The summed E-state index contributed by atoms with van der Waals surface area (Å²) in [6.07, 6.45) is 1.31. The van der Waals surface area contributed by atoms with Crippen LogP contribution in [0, 0.1) is 5.82 Å². The number of hydrogen-bond donors (Lipinski definition) is 1. The number of ether oxygens (including phenoxy) is 2. The molecule has 1 aliphatic rings. The molecule has 5 rings (SSSR count). The van der Waals surface area contributed by atoms with Gasteiger partial charge in [0.2, 0.25) is 0 Å². The third-order valence-corrected chi connectivity index (χ3v) is 6.58. The molecule has 0 aromatic heterocycles. The summed E-state index contributed by atoms with van der Waals surface area (Å²) in [6, 6.07) is 23.2. The second-order valence-corrected chi connectivity index (χ2v) is 9.84. The van der Waals surface area contributed by atoms with Crippen LogP contribution in [0.4, 0.5) is 14.9 Å². The van der Waals surface area contributed by atoms with Crippen molar-refractivity contribution in [1.82, 2.24) is 5.32 Å². The normalized spacial score (nSPS) is 14.3. The topological polar surface area (TPSA) is 84.9 Å². The fourth-order valence-electron chi connectivity index (χ4n) is 3.99. The lowest BCUT2D eigenvalue weighted by Gasteiger charge is -2.26. The summed E-state index contributed by atoms with van der Waals surface area (Å²) in [5.74, 6) is -1.20. The van der Waals surface area contributed by atoms with Crippen molar-refractivity contribution < 1.29 is 28.2 Å². The van der Waals surface area contributed by atoms with E-state index in [1.807, 2.05) is 12.1 Å². The van der Waals surface area contributed by atoms with E-state index in [9.17, 15) is 18.8 Å². The second-order valence-electron chi connectivity index (χ2n) is 8.96. The van der Waals surface area contributed by atoms with E-state index in [4.69, 9.17) is 32.7 Å². The van der Waals surface area contributed by atoms with Crippen LogP contribution in [-0.2, 0) is 22.8 Å². The lowest BCUT2D eigenvalue weighted by molar-refractivity contribution is -0.122. The summed E-state index contributed by atoms with van der Waals surface area (Å²) in [7, 11) is 0. The summed E-state index contributed by atoms with van der Waals surface area (Å²) in [6.45, 7) is 0.404. The highest BCUT2D eigenvalue weighted by Gasteiger charge is 2.37. The maximum absolute atomic E-state index is 13.4. The molecule has 0 bridgehead atoms. The van der Waals surface area contributed by atoms with Gasteiger partial charge >= 0.3 is 6.03 Å². The molecule has 0 radical (unpaired) electrons. The molecule has 1 fully saturated rings. The molecule has 0 atom stereocenters. The van der Waals surface area contributed by atoms with Crippen molar-refractivity contribution in [3.63, 3.8) is 0 Å². The minimum Gasteiger partial charge on any atom is -0.489 e. The third-order valence-electron chi connectivity index (χ3n) is 6.09. The number of carbonyl (C=O) groups is 3. The number of hydrogen-bond acceptors (Lipinski definition) is 5. The van der Waals surface area contributed by atoms with Gasteiger partial charge in [-0.05, 0) is 83.9 Å². The Kier molecular flexibility index (Phi) is 8.33. The van der Waals surface area contributed by atoms with Crippen LogP contribution in [0.2, 0.25) is 10.0 Å². The van der Waals surface area contributed by atoms with Gasteiger partial charge in [0.25, 0.3) is 11.8 Å². The van der Waals surface area contributed by atoms with Gasteiger partial charge < -0.3 is 9.47 Å². The predicted octanol–water partition coefficient (Wildman–Crippen LogP) is 6.96. The molecule has 0 unspecified atom stereocenters. The minimum atomic E-state index is -0.883. The number of barbiturate groups is 1. The van der Waals surface area contributed by atoms with Crippen LogP contribution in [0.3, 0.4) is 0 Å². The minimum absolute atomic E-state index is 0.106. The van der Waals surface area contributed by atoms with Crippen LogP contribution >= 0.6 is 23.2 Å². The van der Waals surface area contributed by atoms with Gasteiger partial charge in [-0.1, -0.05) is 47.5 Å². The monoisotopic (exact) mass is 590 g/mol. The van der Waals surface area contributed by atoms with E-state index < -0.39 is 17.8 Å². The lowest BCUT2D eigenvalue weighted by atomic mass is 10.1. The molecule has 0 aliphatic carbocycles. The SMILES string of the molecule is O=C1NC(=O)N(c2ccc(OCc3ccc(Cl)cc3)cc2)C(=O)/C1=C/c1cc(Cl)ccc1OCc1ccc(F)cc1. The Hall–Kier alpha value is -4.66. The standard InChI is InChI=1S/C31H21Cl2FN2O5/c32-22-5-1-19(2-6-22)17-40-26-12-10-25(11-13-26)36-30(38)27(29(37)35-31(36)39)16-21-15-23(33)7-14-28(21)41-18-20-3-8-24(34)9-4-20/h1-16H,17-18H2,(H,35,37,39)/b27-16+. The van der Waals surface area contributed by atoms with Gasteiger partial charge in [0, 0.05) is 15.6 Å². The average molecular weight is 591 g/mol. The molecule has 0 saturated carbocycles. The molecule has 41 heavy (non-hydrogen) atoms. The van der Waals surface area contributed by atoms with E-state index in [2.05, 4.69) is 5.32 Å². The Morgan fingerprint density at radius 2 is 1.37 bits per heavy atom. The fraction of sp³-hybridized carbons (Fsp3) is 0.0645. The van der Waals surface area contributed by atoms with Gasteiger partial charge in [-0.15, -0.1) is 0 Å². The molecule has 206 valence electrons. The quantitative estimate of drug-likeness (QED) is 0.177. The molecule has 10 heteroatoms. The van der Waals surface area contributed by atoms with Crippen LogP contribution in [-0.4, -0.2) is 17.8 Å². The van der Waals surface area contributed by atoms with Gasteiger partial charge in [-0.3, -0.25) is 14.9 Å². The van der Waals surface area contributed by atoms with Crippen LogP contribution in [0.1, 0.15) is 16.7 Å². The molecule has 4 amide bonds. The van der Waals surface area contributed by atoms with Crippen molar-refractivity contribution in [3.8, 4) is 11.5 Å². The predicted molar refractivity (Wildman–Crippen MR) is 153 cm³/mol. The highest BCUT2D eigenvalue weighted by Crippen LogP contribution is 2.29. The molecular formula is C31H21Cl2FN2O5. The van der Waals surface area contributed by atoms with E-state index in [0.29, 0.717) is 39.3 Å². The number of anilines is 1. The Morgan fingerprint density at radius 1 is 0.756 bits per heavy atom. The molecular weight excluding hydrogens is 570 g/mol. The first-order chi connectivity index (χ1) is 19.8. The maximum Gasteiger partial charge on any atom is 0.335 e. The lowest BCUT2D eigenvalue weighted by Crippen LogP contribution is -2.54. The van der Waals surface area contributed by atoms with E-state index in [-0.39, 0.29) is 23.7 Å². The Bertz CT molecular complexity index is 1640. The van der Waals surface area contributed by atoms with Gasteiger partial charge in [0.05, 0.1) is 5.69 Å². The number of rotatable bonds is 8. The van der Waals surface area contributed by atoms with Crippen molar-refractivity contribution in [3.05, 3.63) is 129 Å². The molecule has 1 aliphatic heterocycles. The number of imide groups is 2. The maximum atomic E-state index is 13.4. The highest BCUT2D eigenvalue weighted by molar-refractivity contribution is 6.39. The number of halogens is 3. The zero-order chi connectivity index (χ0) is 28.9. The molecule has 1 N–H and O–H groups in total. The van der Waals surface area contributed by atoms with Gasteiger partial charge in [0.15, 0.2) is 0 Å². The Labute approximate surface area is 244 Å². The molecule has 1 heterocycles. The number of urea groups is 1. The summed E-state index contributed by atoms with van der Waals surface area (Å²) in [5, 5.41) is 3.17. The molecule has 4 aromatic carbocycles. The summed E-state index contributed by atoms with van der Waals surface area (Å²) < 4.78 is 24.9. The molecule has 4 aromatic rings. The van der Waals surface area contributed by atoms with Crippen LogP contribution < -0.4 is 19.7 Å². The van der Waals surface area contributed by atoms with E-state index in [0.717, 1.165) is 10.5 Å². The van der Waals surface area contributed by atoms with E-state index in [1.165, 1.54) is 24.3 Å². The Morgan fingerprint density at radius 3 is 2.05 bits per heavy atom. The van der Waals surface area contributed by atoms with E-state index >= 15 is 0 Å². The fourth-order valence-corrected chi connectivity index (χ4v) is 4.30. The van der Waals surface area contributed by atoms with Crippen LogP contribution in [0.15, 0.2) is 96.6 Å². The first-order valence-electron chi connectivity index (χ1n) is 12.3. The van der Waals surface area contributed by atoms with Crippen molar-refractivity contribution in [1.29, 1.82) is 0 Å². The number of benzene rings is 4.